The minimum absolute atomic E-state index is 0.0552. The second kappa shape index (κ2) is 5.16. The lowest BCUT2D eigenvalue weighted by Gasteiger charge is -1.95. The largest absolute Gasteiger partial charge is 0.465 e. The lowest BCUT2D eigenvalue weighted by atomic mass is 10.4. The van der Waals surface area contributed by atoms with E-state index >= 15 is 0 Å². The Morgan fingerprint density at radius 3 is 3.15 bits per heavy atom. The molecule has 0 unspecified atom stereocenters. The van der Waals surface area contributed by atoms with Gasteiger partial charge < -0.3 is 14.8 Å². The summed E-state index contributed by atoms with van der Waals surface area (Å²) in [4.78, 5) is 10.9. The Hall–Kier alpha value is -1.55. The van der Waals surface area contributed by atoms with Crippen molar-refractivity contribution in [1.82, 2.24) is 5.32 Å². The zero-order valence-corrected chi connectivity index (χ0v) is 7.06. The lowest BCUT2D eigenvalue weighted by Crippen LogP contribution is -2.24. The van der Waals surface area contributed by atoms with E-state index in [-0.39, 0.29) is 19.1 Å². The van der Waals surface area contributed by atoms with Gasteiger partial charge in [-0.3, -0.25) is 4.79 Å². The smallest absolute Gasteiger partial charge is 0.244 e. The first-order valence-electron chi connectivity index (χ1n) is 3.93. The van der Waals surface area contributed by atoms with Crippen LogP contribution in [0.4, 0.5) is 0 Å². The molecular weight excluding hydrogens is 170 g/mol. The summed E-state index contributed by atoms with van der Waals surface area (Å²) in [7, 11) is 0. The van der Waals surface area contributed by atoms with Crippen LogP contribution in [-0.4, -0.2) is 24.2 Å². The van der Waals surface area contributed by atoms with Crippen molar-refractivity contribution in [2.75, 3.05) is 13.2 Å². The van der Waals surface area contributed by atoms with Crippen molar-refractivity contribution < 1.29 is 14.3 Å². The molecule has 4 nitrogen and oxygen atoms in total. The Bertz CT molecular complexity index is 277. The van der Waals surface area contributed by atoms with Gasteiger partial charge in [0.1, 0.15) is 5.76 Å². The van der Waals surface area contributed by atoms with Gasteiger partial charge in [0.05, 0.1) is 12.9 Å². The van der Waals surface area contributed by atoms with Gasteiger partial charge in [-0.15, -0.1) is 0 Å². The van der Waals surface area contributed by atoms with E-state index in [1.54, 1.807) is 18.2 Å². The molecule has 0 aromatic carbocycles. The minimum Gasteiger partial charge on any atom is -0.465 e. The summed E-state index contributed by atoms with van der Waals surface area (Å²) >= 11 is 0. The average molecular weight is 181 g/mol. The fraction of sp³-hybridized carbons (Fsp3) is 0.222. The van der Waals surface area contributed by atoms with E-state index in [0.717, 1.165) is 0 Å². The highest BCUT2D eigenvalue weighted by Gasteiger charge is 1.93. The molecule has 0 aliphatic rings. The normalized spacial score (nSPS) is 10.5. The highest BCUT2D eigenvalue weighted by atomic mass is 16.3. The van der Waals surface area contributed by atoms with Gasteiger partial charge in [0, 0.05) is 12.6 Å². The highest BCUT2D eigenvalue weighted by molar-refractivity contribution is 5.91. The number of carbonyl (C=O) groups is 1. The summed E-state index contributed by atoms with van der Waals surface area (Å²) in [6.07, 6.45) is 4.45. The lowest BCUT2D eigenvalue weighted by molar-refractivity contribution is -0.116. The first-order chi connectivity index (χ1) is 6.33. The Balaban J connectivity index is 2.35. The molecule has 1 heterocycles. The predicted octanol–water partition coefficient (Wildman–Crippen LogP) is 0.401. The van der Waals surface area contributed by atoms with Crippen LogP contribution in [0.25, 0.3) is 6.08 Å². The number of amides is 1. The van der Waals surface area contributed by atoms with Crippen molar-refractivity contribution >= 4 is 12.0 Å². The van der Waals surface area contributed by atoms with E-state index < -0.39 is 0 Å². The molecule has 1 aromatic rings. The van der Waals surface area contributed by atoms with Gasteiger partial charge in [0.15, 0.2) is 0 Å². The highest BCUT2D eigenvalue weighted by Crippen LogP contribution is 2.01. The first kappa shape index (κ1) is 9.54. The van der Waals surface area contributed by atoms with Gasteiger partial charge in [-0.05, 0) is 18.2 Å². The van der Waals surface area contributed by atoms with Crippen LogP contribution in [0.2, 0.25) is 0 Å². The summed E-state index contributed by atoms with van der Waals surface area (Å²) in [6, 6.07) is 3.49. The van der Waals surface area contributed by atoms with Crippen molar-refractivity contribution in [3.63, 3.8) is 0 Å². The van der Waals surface area contributed by atoms with Gasteiger partial charge in [-0.2, -0.15) is 0 Å². The van der Waals surface area contributed by atoms with Gasteiger partial charge >= 0.3 is 0 Å². The zero-order valence-electron chi connectivity index (χ0n) is 7.06. The molecule has 0 atom stereocenters. The van der Waals surface area contributed by atoms with Crippen LogP contribution in [0.15, 0.2) is 28.9 Å². The summed E-state index contributed by atoms with van der Waals surface area (Å²) in [6.45, 7) is 0.210. The van der Waals surface area contributed by atoms with E-state index in [1.165, 1.54) is 12.3 Å². The number of carbonyl (C=O) groups excluding carboxylic acids is 1. The molecule has 0 spiro atoms. The number of aliphatic hydroxyl groups is 1. The van der Waals surface area contributed by atoms with Crippen LogP contribution in [0.5, 0.6) is 0 Å². The maximum atomic E-state index is 10.9. The molecule has 0 aliphatic heterocycles. The van der Waals surface area contributed by atoms with Crippen LogP contribution >= 0.6 is 0 Å². The quantitative estimate of drug-likeness (QED) is 0.661. The number of rotatable bonds is 4. The molecule has 1 rings (SSSR count). The fourth-order valence-corrected chi connectivity index (χ4v) is 0.782. The number of hydrogen-bond donors (Lipinski definition) is 2. The SMILES string of the molecule is O=C(/C=C/c1ccco1)NCCO. The Morgan fingerprint density at radius 1 is 1.69 bits per heavy atom. The van der Waals surface area contributed by atoms with Gasteiger partial charge in [0.2, 0.25) is 5.91 Å². The Kier molecular flexibility index (Phi) is 3.78. The van der Waals surface area contributed by atoms with Crippen LogP contribution < -0.4 is 5.32 Å². The fourth-order valence-electron chi connectivity index (χ4n) is 0.782. The molecule has 4 heteroatoms. The number of hydrogen-bond acceptors (Lipinski definition) is 3. The third-order valence-corrected chi connectivity index (χ3v) is 1.35. The maximum Gasteiger partial charge on any atom is 0.244 e. The topological polar surface area (TPSA) is 62.5 Å². The summed E-state index contributed by atoms with van der Waals surface area (Å²) < 4.78 is 4.97. The first-order valence-corrected chi connectivity index (χ1v) is 3.93. The molecule has 1 amide bonds. The number of nitrogens with one attached hydrogen (secondary N) is 1. The third kappa shape index (κ3) is 3.57. The Morgan fingerprint density at radius 2 is 2.54 bits per heavy atom. The summed E-state index contributed by atoms with van der Waals surface area (Å²) in [5, 5.41) is 10.9. The second-order valence-electron chi connectivity index (χ2n) is 2.36. The second-order valence-corrected chi connectivity index (χ2v) is 2.36. The number of aliphatic hydroxyl groups excluding tert-OH is 1. The predicted molar refractivity (Wildman–Crippen MR) is 47.8 cm³/mol. The third-order valence-electron chi connectivity index (χ3n) is 1.35. The molecule has 0 radical (unpaired) electrons. The van der Waals surface area contributed by atoms with Gasteiger partial charge in [-0.1, -0.05) is 0 Å². The van der Waals surface area contributed by atoms with Crippen molar-refractivity contribution in [3.05, 3.63) is 30.2 Å². The van der Waals surface area contributed by atoms with E-state index in [1.807, 2.05) is 0 Å². The minimum atomic E-state index is -0.245. The van der Waals surface area contributed by atoms with Crippen molar-refractivity contribution in [2.24, 2.45) is 0 Å². The monoisotopic (exact) mass is 181 g/mol. The van der Waals surface area contributed by atoms with Crippen LogP contribution in [0.1, 0.15) is 5.76 Å². The maximum absolute atomic E-state index is 10.9. The molecule has 0 saturated heterocycles. The summed E-state index contributed by atoms with van der Waals surface area (Å²) in [5.74, 6) is 0.379. The molecule has 0 bridgehead atoms. The molecule has 0 saturated carbocycles. The Labute approximate surface area is 75.9 Å². The van der Waals surface area contributed by atoms with Crippen LogP contribution in [0, 0.1) is 0 Å². The molecule has 0 aliphatic carbocycles. The molecular formula is C9H11NO3. The van der Waals surface area contributed by atoms with Crippen LogP contribution in [0.3, 0.4) is 0 Å². The van der Waals surface area contributed by atoms with Crippen molar-refractivity contribution in [1.29, 1.82) is 0 Å². The molecule has 0 fully saturated rings. The van der Waals surface area contributed by atoms with Crippen molar-refractivity contribution in [2.45, 2.75) is 0 Å². The molecule has 2 N–H and O–H groups in total. The molecule has 13 heavy (non-hydrogen) atoms. The van der Waals surface area contributed by atoms with E-state index in [4.69, 9.17) is 9.52 Å². The average Bonchev–Trinajstić information content (AvgIpc) is 2.64. The van der Waals surface area contributed by atoms with Gasteiger partial charge in [0.25, 0.3) is 0 Å². The summed E-state index contributed by atoms with van der Waals surface area (Å²) in [5.41, 5.74) is 0. The molecule has 70 valence electrons. The van der Waals surface area contributed by atoms with Crippen molar-refractivity contribution in [3.8, 4) is 0 Å². The number of furan rings is 1. The van der Waals surface area contributed by atoms with E-state index in [0.29, 0.717) is 5.76 Å². The van der Waals surface area contributed by atoms with E-state index in [9.17, 15) is 4.79 Å². The van der Waals surface area contributed by atoms with E-state index in [2.05, 4.69) is 5.32 Å². The molecule has 1 aromatic heterocycles. The van der Waals surface area contributed by atoms with Gasteiger partial charge in [-0.25, -0.2) is 0 Å². The zero-order chi connectivity index (χ0) is 9.52. The van der Waals surface area contributed by atoms with Crippen LogP contribution in [-0.2, 0) is 4.79 Å². The standard InChI is InChI=1S/C9H11NO3/c11-6-5-10-9(12)4-3-8-2-1-7-13-8/h1-4,7,11H,5-6H2,(H,10,12)/b4-3+.